The minimum absolute atomic E-state index is 0.141. The molecule has 2 N–H and O–H groups in total. The van der Waals surface area contributed by atoms with E-state index in [0.29, 0.717) is 17.2 Å². The number of aliphatic hydroxyl groups is 1. The summed E-state index contributed by atoms with van der Waals surface area (Å²) in [5.74, 6) is 0.285. The first-order valence-electron chi connectivity index (χ1n) is 7.08. The normalized spacial score (nSPS) is 17.5. The van der Waals surface area contributed by atoms with Gasteiger partial charge in [0.25, 0.3) is 0 Å². The van der Waals surface area contributed by atoms with E-state index in [1.807, 2.05) is 24.3 Å². The van der Waals surface area contributed by atoms with Gasteiger partial charge in [-0.25, -0.2) is 0 Å². The molecule has 0 aliphatic carbocycles. The van der Waals surface area contributed by atoms with E-state index in [2.05, 4.69) is 5.32 Å². The minimum Gasteiger partial charge on any atom is -0.492 e. The number of halogens is 1. The molecule has 1 heterocycles. The van der Waals surface area contributed by atoms with Crippen molar-refractivity contribution in [3.8, 4) is 5.75 Å². The number of carbonyl (C=O) groups is 1. The molecule has 0 saturated heterocycles. The smallest absolute Gasteiger partial charge is 0.231 e. The molecule has 0 bridgehead atoms. The molecule has 1 aliphatic heterocycles. The van der Waals surface area contributed by atoms with Crippen molar-refractivity contribution in [3.05, 3.63) is 64.7 Å². The minimum atomic E-state index is -0.765. The standard InChI is InChI=1S/C17H16ClNO3/c18-12-7-5-11(6-8-12)15(20)9-19-17(21)14-10-22-16-4-2-1-3-13(14)16/h1-8,14-15,20H,9-10H2,(H,19,21). The number of amides is 1. The van der Waals surface area contributed by atoms with Crippen LogP contribution in [0.4, 0.5) is 0 Å². The maximum atomic E-state index is 12.3. The van der Waals surface area contributed by atoms with E-state index in [-0.39, 0.29) is 18.4 Å². The second kappa shape index (κ2) is 6.38. The molecule has 1 amide bonds. The van der Waals surface area contributed by atoms with Crippen molar-refractivity contribution >= 4 is 17.5 Å². The fourth-order valence-electron chi connectivity index (χ4n) is 2.50. The van der Waals surface area contributed by atoms with Gasteiger partial charge in [0, 0.05) is 17.1 Å². The first kappa shape index (κ1) is 14.9. The van der Waals surface area contributed by atoms with Crippen molar-refractivity contribution in [2.24, 2.45) is 0 Å². The number of nitrogens with one attached hydrogen (secondary N) is 1. The van der Waals surface area contributed by atoms with Crippen LogP contribution in [0.15, 0.2) is 48.5 Å². The summed E-state index contributed by atoms with van der Waals surface area (Å²) in [6.45, 7) is 0.487. The van der Waals surface area contributed by atoms with Crippen LogP contribution in [0.2, 0.25) is 5.02 Å². The zero-order chi connectivity index (χ0) is 15.5. The van der Waals surface area contributed by atoms with Gasteiger partial charge in [0.2, 0.25) is 5.91 Å². The van der Waals surface area contributed by atoms with Gasteiger partial charge in [-0.05, 0) is 23.8 Å². The van der Waals surface area contributed by atoms with E-state index >= 15 is 0 Å². The summed E-state index contributed by atoms with van der Waals surface area (Å²) in [7, 11) is 0. The summed E-state index contributed by atoms with van der Waals surface area (Å²) < 4.78 is 5.50. The van der Waals surface area contributed by atoms with Crippen LogP contribution in [0.1, 0.15) is 23.1 Å². The Kier molecular flexibility index (Phi) is 4.32. The maximum Gasteiger partial charge on any atom is 0.231 e. The maximum absolute atomic E-state index is 12.3. The molecule has 2 aromatic carbocycles. The molecule has 1 aliphatic rings. The van der Waals surface area contributed by atoms with E-state index in [4.69, 9.17) is 16.3 Å². The Morgan fingerprint density at radius 1 is 1.27 bits per heavy atom. The third-order valence-corrected chi connectivity index (χ3v) is 3.99. The summed E-state index contributed by atoms with van der Waals surface area (Å²) in [4.78, 5) is 12.3. The fourth-order valence-corrected chi connectivity index (χ4v) is 2.63. The summed E-state index contributed by atoms with van der Waals surface area (Å²) in [5.41, 5.74) is 1.61. The molecule has 4 nitrogen and oxygen atoms in total. The highest BCUT2D eigenvalue weighted by Gasteiger charge is 2.30. The zero-order valence-electron chi connectivity index (χ0n) is 11.8. The number of benzene rings is 2. The Bertz CT molecular complexity index is 672. The second-order valence-electron chi connectivity index (χ2n) is 5.21. The Morgan fingerprint density at radius 3 is 2.77 bits per heavy atom. The molecule has 0 fully saturated rings. The highest BCUT2D eigenvalue weighted by Crippen LogP contribution is 2.33. The lowest BCUT2D eigenvalue weighted by Gasteiger charge is -2.14. The van der Waals surface area contributed by atoms with Gasteiger partial charge < -0.3 is 15.2 Å². The van der Waals surface area contributed by atoms with Crippen LogP contribution in [-0.2, 0) is 4.79 Å². The van der Waals surface area contributed by atoms with Crippen LogP contribution < -0.4 is 10.1 Å². The van der Waals surface area contributed by atoms with Gasteiger partial charge >= 0.3 is 0 Å². The van der Waals surface area contributed by atoms with Crippen LogP contribution in [0.25, 0.3) is 0 Å². The SMILES string of the molecule is O=C(NCC(O)c1ccc(Cl)cc1)C1COc2ccccc21. The molecule has 2 atom stereocenters. The topological polar surface area (TPSA) is 58.6 Å². The Hall–Kier alpha value is -2.04. The number of para-hydroxylation sites is 1. The molecule has 0 aromatic heterocycles. The lowest BCUT2D eigenvalue weighted by atomic mass is 10.0. The third-order valence-electron chi connectivity index (χ3n) is 3.74. The Balaban J connectivity index is 1.60. The number of rotatable bonds is 4. The van der Waals surface area contributed by atoms with Gasteiger partial charge in [-0.15, -0.1) is 0 Å². The van der Waals surface area contributed by atoms with Gasteiger partial charge in [-0.1, -0.05) is 41.9 Å². The third kappa shape index (κ3) is 3.08. The molecule has 5 heteroatoms. The first-order valence-corrected chi connectivity index (χ1v) is 7.46. The summed E-state index contributed by atoms with van der Waals surface area (Å²) in [5, 5.41) is 13.5. The van der Waals surface area contributed by atoms with Crippen molar-refractivity contribution in [2.45, 2.75) is 12.0 Å². The molecule has 114 valence electrons. The summed E-state index contributed by atoms with van der Waals surface area (Å²) in [6, 6.07) is 14.4. The molecule has 0 radical (unpaired) electrons. The van der Waals surface area contributed by atoms with Crippen LogP contribution in [0, 0.1) is 0 Å². The van der Waals surface area contributed by atoms with E-state index in [1.165, 1.54) is 0 Å². The average Bonchev–Trinajstić information content (AvgIpc) is 2.97. The number of carbonyl (C=O) groups excluding carboxylic acids is 1. The Labute approximate surface area is 133 Å². The Morgan fingerprint density at radius 2 is 2.00 bits per heavy atom. The second-order valence-corrected chi connectivity index (χ2v) is 5.65. The lowest BCUT2D eigenvalue weighted by molar-refractivity contribution is -0.123. The number of aliphatic hydroxyl groups excluding tert-OH is 1. The molecule has 22 heavy (non-hydrogen) atoms. The number of ether oxygens (including phenoxy) is 1. The number of hydrogen-bond donors (Lipinski definition) is 2. The van der Waals surface area contributed by atoms with E-state index in [0.717, 1.165) is 11.3 Å². The van der Waals surface area contributed by atoms with Crippen molar-refractivity contribution in [1.82, 2.24) is 5.32 Å². The molecule has 0 saturated carbocycles. The molecular formula is C17H16ClNO3. The lowest BCUT2D eigenvalue weighted by Crippen LogP contribution is -2.33. The largest absolute Gasteiger partial charge is 0.492 e. The van der Waals surface area contributed by atoms with Crippen molar-refractivity contribution < 1.29 is 14.6 Å². The van der Waals surface area contributed by atoms with Crippen LogP contribution in [-0.4, -0.2) is 24.2 Å². The summed E-state index contributed by atoms with van der Waals surface area (Å²) >= 11 is 5.81. The quantitative estimate of drug-likeness (QED) is 0.911. The van der Waals surface area contributed by atoms with E-state index < -0.39 is 6.10 Å². The molecule has 2 unspecified atom stereocenters. The molecular weight excluding hydrogens is 302 g/mol. The van der Waals surface area contributed by atoms with Gasteiger partial charge in [0.15, 0.2) is 0 Å². The van der Waals surface area contributed by atoms with Gasteiger partial charge in [-0.3, -0.25) is 4.79 Å². The van der Waals surface area contributed by atoms with Gasteiger partial charge in [0.1, 0.15) is 18.3 Å². The number of hydrogen-bond acceptors (Lipinski definition) is 3. The highest BCUT2D eigenvalue weighted by molar-refractivity contribution is 6.30. The fraction of sp³-hybridized carbons (Fsp3) is 0.235. The van der Waals surface area contributed by atoms with E-state index in [9.17, 15) is 9.90 Å². The molecule has 0 spiro atoms. The summed E-state index contributed by atoms with van der Waals surface area (Å²) in [6.07, 6.45) is -0.765. The van der Waals surface area contributed by atoms with Crippen molar-refractivity contribution in [1.29, 1.82) is 0 Å². The first-order chi connectivity index (χ1) is 10.6. The predicted molar refractivity (Wildman–Crippen MR) is 84.1 cm³/mol. The van der Waals surface area contributed by atoms with Crippen molar-refractivity contribution in [3.63, 3.8) is 0 Å². The average molecular weight is 318 g/mol. The molecule has 3 rings (SSSR count). The van der Waals surface area contributed by atoms with Crippen LogP contribution >= 0.6 is 11.6 Å². The predicted octanol–water partition coefficient (Wildman–Crippen LogP) is 2.67. The van der Waals surface area contributed by atoms with Crippen molar-refractivity contribution in [2.75, 3.05) is 13.2 Å². The van der Waals surface area contributed by atoms with Gasteiger partial charge in [-0.2, -0.15) is 0 Å². The monoisotopic (exact) mass is 317 g/mol. The van der Waals surface area contributed by atoms with Crippen LogP contribution in [0.5, 0.6) is 5.75 Å². The van der Waals surface area contributed by atoms with Crippen LogP contribution in [0.3, 0.4) is 0 Å². The zero-order valence-corrected chi connectivity index (χ0v) is 12.6. The van der Waals surface area contributed by atoms with E-state index in [1.54, 1.807) is 24.3 Å². The molecule has 2 aromatic rings. The van der Waals surface area contributed by atoms with Gasteiger partial charge in [0.05, 0.1) is 6.10 Å². The highest BCUT2D eigenvalue weighted by atomic mass is 35.5. The number of fused-ring (bicyclic) bond motifs is 1.